The zero-order chi connectivity index (χ0) is 20.1. The molecule has 0 aromatic heterocycles. The molecule has 1 fully saturated rings. The van der Waals surface area contributed by atoms with Gasteiger partial charge in [-0.3, -0.25) is 14.4 Å². The van der Waals surface area contributed by atoms with Crippen molar-refractivity contribution in [2.45, 2.75) is 20.4 Å². The van der Waals surface area contributed by atoms with Crippen LogP contribution in [0.4, 0.5) is 5.69 Å². The molecule has 1 heterocycles. The second-order valence-electron chi connectivity index (χ2n) is 7.15. The number of amides is 3. The summed E-state index contributed by atoms with van der Waals surface area (Å²) in [6.45, 7) is 5.29. The van der Waals surface area contributed by atoms with Crippen LogP contribution in [0.15, 0.2) is 54.6 Å². The number of anilines is 1. The Morgan fingerprint density at radius 1 is 1.00 bits per heavy atom. The minimum absolute atomic E-state index is 0.133. The first-order valence-electron chi connectivity index (χ1n) is 9.45. The van der Waals surface area contributed by atoms with Gasteiger partial charge in [0.1, 0.15) is 0 Å². The molecule has 1 N–H and O–H groups in total. The molecule has 3 rings (SSSR count). The molecule has 2 aromatic rings. The number of rotatable bonds is 6. The van der Waals surface area contributed by atoms with Gasteiger partial charge in [0.2, 0.25) is 5.91 Å². The molecule has 28 heavy (non-hydrogen) atoms. The molecule has 6 nitrogen and oxygen atoms in total. The Morgan fingerprint density at radius 2 is 1.68 bits per heavy atom. The maximum atomic E-state index is 12.5. The second-order valence-corrected chi connectivity index (χ2v) is 7.15. The van der Waals surface area contributed by atoms with Crippen molar-refractivity contribution in [3.8, 4) is 0 Å². The van der Waals surface area contributed by atoms with Gasteiger partial charge in [-0.15, -0.1) is 0 Å². The van der Waals surface area contributed by atoms with E-state index in [0.29, 0.717) is 25.3 Å². The summed E-state index contributed by atoms with van der Waals surface area (Å²) in [5, 5.41) is 2.90. The molecule has 2 aromatic carbocycles. The first-order valence-corrected chi connectivity index (χ1v) is 9.45. The molecule has 0 radical (unpaired) electrons. The number of nitrogens with one attached hydrogen (secondary N) is 1. The third-order valence-electron chi connectivity index (χ3n) is 4.91. The van der Waals surface area contributed by atoms with Crippen molar-refractivity contribution >= 4 is 23.4 Å². The van der Waals surface area contributed by atoms with Crippen molar-refractivity contribution in [2.24, 2.45) is 5.92 Å². The Bertz CT molecular complexity index is 849. The van der Waals surface area contributed by atoms with E-state index in [1.54, 1.807) is 6.92 Å². The van der Waals surface area contributed by atoms with Crippen molar-refractivity contribution in [1.29, 1.82) is 0 Å². The largest absolute Gasteiger partial charge is 0.352 e. The van der Waals surface area contributed by atoms with Crippen LogP contribution in [0.25, 0.3) is 0 Å². The highest BCUT2D eigenvalue weighted by Gasteiger charge is 2.34. The predicted molar refractivity (Wildman–Crippen MR) is 108 cm³/mol. The minimum Gasteiger partial charge on any atom is -0.352 e. The highest BCUT2D eigenvalue weighted by atomic mass is 16.2. The van der Waals surface area contributed by atoms with Crippen molar-refractivity contribution in [3.63, 3.8) is 0 Å². The third-order valence-corrected chi connectivity index (χ3v) is 4.91. The monoisotopic (exact) mass is 379 g/mol. The summed E-state index contributed by atoms with van der Waals surface area (Å²) in [6, 6.07) is 17.1. The molecule has 1 atom stereocenters. The van der Waals surface area contributed by atoms with Gasteiger partial charge in [-0.05, 0) is 24.6 Å². The van der Waals surface area contributed by atoms with E-state index in [1.165, 1.54) is 15.4 Å². The van der Waals surface area contributed by atoms with E-state index in [9.17, 15) is 14.4 Å². The molecule has 0 unspecified atom stereocenters. The SMILES string of the molecule is Cc1ccc(CNC(=O)[C@H](C)CN2CCN(c3ccccc3)C(=O)C2=O)cc1. The number of benzene rings is 2. The van der Waals surface area contributed by atoms with Crippen LogP contribution in [-0.2, 0) is 20.9 Å². The standard InChI is InChI=1S/C22H25N3O3/c1-16-8-10-18(11-9-16)14-23-20(26)17(2)15-24-12-13-25(22(28)21(24)27)19-6-4-3-5-7-19/h3-11,17H,12-15H2,1-2H3,(H,23,26)/t17-/m1/s1. The number of hydrogen-bond donors (Lipinski definition) is 1. The molecular formula is C22H25N3O3. The highest BCUT2D eigenvalue weighted by Crippen LogP contribution is 2.18. The molecule has 0 bridgehead atoms. The number of para-hydroxylation sites is 1. The summed E-state index contributed by atoms with van der Waals surface area (Å²) >= 11 is 0. The molecule has 3 amide bonds. The second kappa shape index (κ2) is 8.69. The fourth-order valence-corrected chi connectivity index (χ4v) is 3.19. The van der Waals surface area contributed by atoms with E-state index in [-0.39, 0.29) is 12.5 Å². The first kappa shape index (κ1) is 19.6. The first-order chi connectivity index (χ1) is 13.5. The summed E-state index contributed by atoms with van der Waals surface area (Å²) < 4.78 is 0. The van der Waals surface area contributed by atoms with Crippen molar-refractivity contribution in [1.82, 2.24) is 10.2 Å². The topological polar surface area (TPSA) is 69.7 Å². The number of carbonyl (C=O) groups excluding carboxylic acids is 3. The van der Waals surface area contributed by atoms with Gasteiger partial charge in [-0.1, -0.05) is 55.0 Å². The Balaban J connectivity index is 1.53. The van der Waals surface area contributed by atoms with E-state index in [1.807, 2.05) is 61.5 Å². The molecule has 1 aliphatic rings. The predicted octanol–water partition coefficient (Wildman–Crippen LogP) is 2.12. The van der Waals surface area contributed by atoms with Gasteiger partial charge in [-0.25, -0.2) is 0 Å². The van der Waals surface area contributed by atoms with Gasteiger partial charge in [-0.2, -0.15) is 0 Å². The molecular weight excluding hydrogens is 354 g/mol. The van der Waals surface area contributed by atoms with Crippen LogP contribution in [0, 0.1) is 12.8 Å². The molecule has 1 saturated heterocycles. The van der Waals surface area contributed by atoms with Gasteiger partial charge in [0.15, 0.2) is 0 Å². The zero-order valence-corrected chi connectivity index (χ0v) is 16.2. The quantitative estimate of drug-likeness (QED) is 0.782. The Hall–Kier alpha value is -3.15. The van der Waals surface area contributed by atoms with Crippen LogP contribution in [-0.4, -0.2) is 42.3 Å². The van der Waals surface area contributed by atoms with E-state index in [0.717, 1.165) is 5.56 Å². The summed E-state index contributed by atoms with van der Waals surface area (Å²) in [6.07, 6.45) is 0. The zero-order valence-electron chi connectivity index (χ0n) is 16.2. The number of piperazine rings is 1. The number of hydrogen-bond acceptors (Lipinski definition) is 3. The fraction of sp³-hybridized carbons (Fsp3) is 0.318. The van der Waals surface area contributed by atoms with Gasteiger partial charge >= 0.3 is 11.8 Å². The average Bonchev–Trinajstić information content (AvgIpc) is 2.71. The maximum Gasteiger partial charge on any atom is 0.316 e. The number of nitrogens with zero attached hydrogens (tertiary/aromatic N) is 2. The Labute approximate surface area is 165 Å². The fourth-order valence-electron chi connectivity index (χ4n) is 3.19. The van der Waals surface area contributed by atoms with Crippen LogP contribution in [0.2, 0.25) is 0 Å². The molecule has 1 aliphatic heterocycles. The number of carbonyl (C=O) groups is 3. The van der Waals surface area contributed by atoms with Crippen molar-refractivity contribution in [2.75, 3.05) is 24.5 Å². The lowest BCUT2D eigenvalue weighted by Gasteiger charge is -2.34. The van der Waals surface area contributed by atoms with Crippen LogP contribution < -0.4 is 10.2 Å². The maximum absolute atomic E-state index is 12.5. The summed E-state index contributed by atoms with van der Waals surface area (Å²) in [5.41, 5.74) is 2.90. The van der Waals surface area contributed by atoms with Gasteiger partial charge in [0.05, 0.1) is 5.92 Å². The molecule has 0 aliphatic carbocycles. The van der Waals surface area contributed by atoms with E-state index in [4.69, 9.17) is 0 Å². The van der Waals surface area contributed by atoms with Crippen molar-refractivity contribution < 1.29 is 14.4 Å². The van der Waals surface area contributed by atoms with E-state index < -0.39 is 17.7 Å². The lowest BCUT2D eigenvalue weighted by atomic mass is 10.1. The number of aryl methyl sites for hydroxylation is 1. The highest BCUT2D eigenvalue weighted by molar-refractivity contribution is 6.41. The molecule has 146 valence electrons. The van der Waals surface area contributed by atoms with Crippen LogP contribution in [0.1, 0.15) is 18.1 Å². The molecule has 0 spiro atoms. The lowest BCUT2D eigenvalue weighted by molar-refractivity contribution is -0.147. The van der Waals surface area contributed by atoms with Gasteiger partial charge < -0.3 is 15.1 Å². The van der Waals surface area contributed by atoms with Crippen molar-refractivity contribution in [3.05, 3.63) is 65.7 Å². The summed E-state index contributed by atoms with van der Waals surface area (Å²) in [7, 11) is 0. The summed E-state index contributed by atoms with van der Waals surface area (Å²) in [4.78, 5) is 40.3. The van der Waals surface area contributed by atoms with E-state index in [2.05, 4.69) is 5.32 Å². The summed E-state index contributed by atoms with van der Waals surface area (Å²) in [5.74, 6) is -1.64. The van der Waals surface area contributed by atoms with E-state index >= 15 is 0 Å². The van der Waals surface area contributed by atoms with Crippen LogP contribution >= 0.6 is 0 Å². The van der Waals surface area contributed by atoms with Gasteiger partial charge in [0, 0.05) is 31.9 Å². The van der Waals surface area contributed by atoms with Crippen LogP contribution in [0.3, 0.4) is 0 Å². The molecule has 0 saturated carbocycles. The minimum atomic E-state index is -0.562. The Kier molecular flexibility index (Phi) is 6.09. The average molecular weight is 379 g/mol. The lowest BCUT2D eigenvalue weighted by Crippen LogP contribution is -2.56. The normalized spacial score (nSPS) is 15.5. The smallest absolute Gasteiger partial charge is 0.316 e. The molecule has 6 heteroatoms. The third kappa shape index (κ3) is 4.57. The Morgan fingerprint density at radius 3 is 2.36 bits per heavy atom. The van der Waals surface area contributed by atoms with Crippen LogP contribution in [0.5, 0.6) is 0 Å². The van der Waals surface area contributed by atoms with Gasteiger partial charge in [0.25, 0.3) is 0 Å².